The van der Waals surface area contributed by atoms with Crippen LogP contribution in [0.25, 0.3) is 0 Å². The van der Waals surface area contributed by atoms with Gasteiger partial charge in [0.25, 0.3) is 0 Å². The summed E-state index contributed by atoms with van der Waals surface area (Å²) in [6, 6.07) is 13.7. The number of carbonyl (C=O) groups excluding carboxylic acids is 3. The molecule has 0 saturated heterocycles. The minimum absolute atomic E-state index is 0. The van der Waals surface area contributed by atoms with Crippen LogP contribution in [0.2, 0.25) is 0 Å². The van der Waals surface area contributed by atoms with Gasteiger partial charge in [0, 0.05) is 34.8 Å². The van der Waals surface area contributed by atoms with E-state index in [1.165, 1.54) is 0 Å². The Kier molecular flexibility index (Phi) is 14.5. The Hall–Kier alpha value is -2.62. The Morgan fingerprint density at radius 1 is 1.02 bits per heavy atom. The van der Waals surface area contributed by atoms with Gasteiger partial charge in [0.2, 0.25) is 11.8 Å². The number of hydrogen-bond acceptors (Lipinski definition) is 5. The molecule has 8 nitrogen and oxygen atoms in total. The van der Waals surface area contributed by atoms with Crippen LogP contribution in [0.5, 0.6) is 5.75 Å². The van der Waals surface area contributed by atoms with Crippen molar-refractivity contribution in [2.75, 3.05) is 13.1 Å². The number of ether oxygens (including phenoxy) is 2. The van der Waals surface area contributed by atoms with Crippen molar-refractivity contribution in [3.05, 3.63) is 64.1 Å². The molecule has 2 aromatic rings. The van der Waals surface area contributed by atoms with E-state index >= 15 is 0 Å². The Morgan fingerprint density at radius 2 is 1.70 bits per heavy atom. The normalized spacial score (nSPS) is 17.3. The maximum absolute atomic E-state index is 13.1. The van der Waals surface area contributed by atoms with Gasteiger partial charge in [-0.1, -0.05) is 60.1 Å². The monoisotopic (exact) mass is 637 g/mol. The molecule has 2 amide bonds. The van der Waals surface area contributed by atoms with Gasteiger partial charge < -0.3 is 38.2 Å². The molecule has 0 unspecified atom stereocenters. The van der Waals surface area contributed by atoms with Gasteiger partial charge in [0.15, 0.2) is 0 Å². The Labute approximate surface area is 251 Å². The molecule has 0 aliphatic heterocycles. The van der Waals surface area contributed by atoms with Crippen molar-refractivity contribution < 1.29 is 42.0 Å². The third-order valence-electron chi connectivity index (χ3n) is 7.15. The van der Waals surface area contributed by atoms with Crippen molar-refractivity contribution in [1.29, 1.82) is 0 Å². The lowest BCUT2D eigenvalue weighted by molar-refractivity contribution is -0.380. The summed E-state index contributed by atoms with van der Waals surface area (Å²) in [4.78, 5) is 38.3. The highest BCUT2D eigenvalue weighted by atomic mass is 79.9. The SMILES string of the molecule is CC(C)CCNC(=O)[C@H](Cc1ccc(OC(=O)OCc2ccccc2Br)cc1)NC(=O)C1CCC(C[NH3+])CC1.[Cl-]. The van der Waals surface area contributed by atoms with E-state index in [9.17, 15) is 14.4 Å². The van der Waals surface area contributed by atoms with Crippen LogP contribution in [-0.4, -0.2) is 37.1 Å². The van der Waals surface area contributed by atoms with Crippen molar-refractivity contribution >= 4 is 33.9 Å². The molecule has 1 fully saturated rings. The fourth-order valence-corrected chi connectivity index (χ4v) is 5.03. The first kappa shape index (κ1) is 33.6. The zero-order valence-electron chi connectivity index (χ0n) is 23.3. The van der Waals surface area contributed by atoms with Crippen LogP contribution in [0, 0.1) is 17.8 Å². The third-order valence-corrected chi connectivity index (χ3v) is 7.92. The van der Waals surface area contributed by atoms with E-state index in [4.69, 9.17) is 9.47 Å². The predicted octanol–water partition coefficient (Wildman–Crippen LogP) is 1.41. The number of nitrogens with one attached hydrogen (secondary N) is 2. The van der Waals surface area contributed by atoms with E-state index in [0.29, 0.717) is 30.6 Å². The molecule has 1 aliphatic rings. The summed E-state index contributed by atoms with van der Waals surface area (Å²) >= 11 is 3.42. The molecule has 0 heterocycles. The zero-order chi connectivity index (χ0) is 28.2. The van der Waals surface area contributed by atoms with Gasteiger partial charge in [-0.25, -0.2) is 4.79 Å². The lowest BCUT2D eigenvalue weighted by atomic mass is 9.81. The standard InChI is InChI=1S/C30H40BrN3O5.ClH/c1-20(2)15-16-33-29(36)27(34-28(35)23-11-7-22(18-32)8-12-23)17-21-9-13-25(14-10-21)39-30(37)38-19-24-5-3-4-6-26(24)31;/h3-6,9-10,13-14,20,22-23,27H,7-8,11-12,15-19,32H2,1-2H3,(H,33,36)(H,34,35);1H/t22?,23?,27-;/m0./s1. The van der Waals surface area contributed by atoms with Gasteiger partial charge in [0.05, 0.1) is 6.54 Å². The van der Waals surface area contributed by atoms with Crippen LogP contribution in [-0.2, 0) is 27.4 Å². The van der Waals surface area contributed by atoms with Crippen LogP contribution in [0.3, 0.4) is 0 Å². The summed E-state index contributed by atoms with van der Waals surface area (Å²) in [5.41, 5.74) is 5.67. The Bertz CT molecular complexity index is 1090. The number of halogens is 2. The largest absolute Gasteiger partial charge is 1.00 e. The third kappa shape index (κ3) is 11.1. The van der Waals surface area contributed by atoms with Gasteiger partial charge in [-0.2, -0.15) is 0 Å². The molecule has 10 heteroatoms. The highest BCUT2D eigenvalue weighted by molar-refractivity contribution is 9.10. The van der Waals surface area contributed by atoms with Gasteiger partial charge >= 0.3 is 6.16 Å². The first-order valence-corrected chi connectivity index (χ1v) is 14.6. The fourth-order valence-electron chi connectivity index (χ4n) is 4.63. The average Bonchev–Trinajstić information content (AvgIpc) is 2.93. The number of benzene rings is 2. The molecule has 1 atom stereocenters. The van der Waals surface area contributed by atoms with Gasteiger partial charge in [0.1, 0.15) is 18.4 Å². The van der Waals surface area contributed by atoms with E-state index in [1.807, 2.05) is 24.3 Å². The number of quaternary nitrogens is 1. The van der Waals surface area contributed by atoms with E-state index in [-0.39, 0.29) is 36.7 Å². The summed E-state index contributed by atoms with van der Waals surface area (Å²) in [5, 5.41) is 5.99. The highest BCUT2D eigenvalue weighted by Gasteiger charge is 2.29. The Morgan fingerprint density at radius 3 is 2.33 bits per heavy atom. The summed E-state index contributed by atoms with van der Waals surface area (Å²) in [6.07, 6.45) is 4.06. The van der Waals surface area contributed by atoms with Crippen LogP contribution >= 0.6 is 15.9 Å². The van der Waals surface area contributed by atoms with E-state index < -0.39 is 12.2 Å². The fraction of sp³-hybridized carbons (Fsp3) is 0.500. The summed E-state index contributed by atoms with van der Waals surface area (Å²) in [5.74, 6) is 1.07. The molecule has 5 N–H and O–H groups in total. The molecule has 1 aliphatic carbocycles. The van der Waals surface area contributed by atoms with E-state index in [0.717, 1.165) is 54.2 Å². The van der Waals surface area contributed by atoms with Crippen molar-refractivity contribution in [2.24, 2.45) is 17.8 Å². The molecular weight excluding hydrogens is 598 g/mol. The molecule has 40 heavy (non-hydrogen) atoms. The van der Waals surface area contributed by atoms with Crippen LogP contribution < -0.4 is 33.5 Å². The molecule has 0 spiro atoms. The van der Waals surface area contributed by atoms with Crippen LogP contribution in [0.4, 0.5) is 4.79 Å². The first-order valence-electron chi connectivity index (χ1n) is 13.8. The lowest BCUT2D eigenvalue weighted by Gasteiger charge is -2.27. The molecule has 3 rings (SSSR count). The van der Waals surface area contributed by atoms with Crippen molar-refractivity contribution in [1.82, 2.24) is 10.6 Å². The molecular formula is C30H41BrClN3O5. The minimum atomic E-state index is -0.804. The second-order valence-corrected chi connectivity index (χ2v) is 11.5. The zero-order valence-corrected chi connectivity index (χ0v) is 25.6. The molecule has 0 aromatic heterocycles. The topological polar surface area (TPSA) is 121 Å². The second-order valence-electron chi connectivity index (χ2n) is 10.6. The van der Waals surface area contributed by atoms with Crippen LogP contribution in [0.1, 0.15) is 57.1 Å². The maximum Gasteiger partial charge on any atom is 0.514 e. The average molecular weight is 639 g/mol. The molecule has 0 bridgehead atoms. The van der Waals surface area contributed by atoms with E-state index in [2.05, 4.69) is 46.1 Å². The van der Waals surface area contributed by atoms with Crippen molar-refractivity contribution in [3.8, 4) is 5.75 Å². The number of hydrogen-bond donors (Lipinski definition) is 3. The number of rotatable bonds is 12. The minimum Gasteiger partial charge on any atom is -1.00 e. The number of amides is 2. The maximum atomic E-state index is 13.1. The van der Waals surface area contributed by atoms with Gasteiger partial charge in [-0.05, 0) is 61.8 Å². The smallest absolute Gasteiger partial charge is 0.514 e. The molecule has 1 saturated carbocycles. The predicted molar refractivity (Wildman–Crippen MR) is 153 cm³/mol. The Balaban J connectivity index is 0.00000560. The summed E-state index contributed by atoms with van der Waals surface area (Å²) in [6.45, 7) is 5.76. The van der Waals surface area contributed by atoms with Gasteiger partial charge in [-0.3, -0.25) is 9.59 Å². The van der Waals surface area contributed by atoms with Crippen molar-refractivity contribution in [3.63, 3.8) is 0 Å². The summed E-state index contributed by atoms with van der Waals surface area (Å²) in [7, 11) is 0. The highest BCUT2D eigenvalue weighted by Crippen LogP contribution is 2.28. The second kappa shape index (κ2) is 17.3. The molecule has 0 radical (unpaired) electrons. The number of carbonyl (C=O) groups is 3. The van der Waals surface area contributed by atoms with Crippen molar-refractivity contribution in [2.45, 2.75) is 65.0 Å². The van der Waals surface area contributed by atoms with Gasteiger partial charge in [-0.15, -0.1) is 0 Å². The van der Waals surface area contributed by atoms with E-state index in [1.54, 1.807) is 24.3 Å². The van der Waals surface area contributed by atoms with Crippen LogP contribution in [0.15, 0.2) is 53.0 Å². The first-order chi connectivity index (χ1) is 18.7. The molecule has 2 aromatic carbocycles. The quantitative estimate of drug-likeness (QED) is 0.240. The molecule has 220 valence electrons. The summed E-state index contributed by atoms with van der Waals surface area (Å²) < 4.78 is 11.4. The lowest BCUT2D eigenvalue weighted by Crippen LogP contribution is -3.00.